The molecule has 0 aromatic heterocycles. The fourth-order valence-electron chi connectivity index (χ4n) is 0.207. The summed E-state index contributed by atoms with van der Waals surface area (Å²) in [6.07, 6.45) is 4.83. The molecule has 2 heteroatoms. The van der Waals surface area contributed by atoms with Crippen LogP contribution in [0.25, 0.3) is 0 Å². The molecule has 0 aromatic carbocycles. The largest absolute Gasteiger partial charge is 0.405 e. The summed E-state index contributed by atoms with van der Waals surface area (Å²) in [4.78, 5) is 0. The molecule has 4 N–H and O–H groups in total. The zero-order chi connectivity index (χ0) is 5.70. The topological polar surface area (TPSA) is 52.0 Å². The average molecular weight is 98.1 g/mol. The normalized spacial score (nSPS) is 13.0. The van der Waals surface area contributed by atoms with Crippen LogP contribution in [-0.2, 0) is 0 Å². The zero-order valence-electron chi connectivity index (χ0n) is 4.39. The molecular formula is C5H10N2. The molecule has 0 spiro atoms. The van der Waals surface area contributed by atoms with E-state index < -0.39 is 0 Å². The van der Waals surface area contributed by atoms with E-state index in [4.69, 9.17) is 11.5 Å². The first-order valence-electron chi connectivity index (χ1n) is 2.11. The fraction of sp³-hybridized carbons (Fsp3) is 0.200. The van der Waals surface area contributed by atoms with Gasteiger partial charge in [-0.05, 0) is 19.2 Å². The molecule has 2 nitrogen and oxygen atoms in total. The zero-order valence-corrected chi connectivity index (χ0v) is 4.39. The summed E-state index contributed by atoms with van der Waals surface area (Å²) in [6, 6.07) is 0. The number of allylic oxidation sites excluding steroid dienone is 2. The first-order chi connectivity index (χ1) is 3.31. The summed E-state index contributed by atoms with van der Waals surface area (Å²) in [5.41, 5.74) is 11.0. The van der Waals surface area contributed by atoms with Crippen LogP contribution in [0.5, 0.6) is 0 Å². The van der Waals surface area contributed by atoms with Gasteiger partial charge in [-0.25, -0.2) is 0 Å². The molecule has 0 atom stereocenters. The van der Waals surface area contributed by atoms with Gasteiger partial charge in [0.25, 0.3) is 0 Å². The third kappa shape index (κ3) is 2.89. The van der Waals surface area contributed by atoms with Crippen molar-refractivity contribution in [3.05, 3.63) is 24.0 Å². The first-order valence-corrected chi connectivity index (χ1v) is 2.11. The van der Waals surface area contributed by atoms with Gasteiger partial charge < -0.3 is 11.5 Å². The van der Waals surface area contributed by atoms with Crippen LogP contribution in [-0.4, -0.2) is 0 Å². The SMILES string of the molecule is C/C=C(N)\C=C/N. The van der Waals surface area contributed by atoms with E-state index >= 15 is 0 Å². The van der Waals surface area contributed by atoms with Crippen LogP contribution in [0, 0.1) is 0 Å². The van der Waals surface area contributed by atoms with Gasteiger partial charge >= 0.3 is 0 Å². The van der Waals surface area contributed by atoms with Crippen molar-refractivity contribution in [3.8, 4) is 0 Å². The maximum atomic E-state index is 5.28. The van der Waals surface area contributed by atoms with Crippen molar-refractivity contribution in [2.75, 3.05) is 0 Å². The molecule has 0 saturated heterocycles. The maximum Gasteiger partial charge on any atom is 0.0285 e. The predicted molar refractivity (Wildman–Crippen MR) is 31.3 cm³/mol. The Kier molecular flexibility index (Phi) is 2.85. The molecule has 0 rings (SSSR count). The Hall–Kier alpha value is -0.920. The molecule has 0 amide bonds. The van der Waals surface area contributed by atoms with Gasteiger partial charge in [-0.2, -0.15) is 0 Å². The van der Waals surface area contributed by atoms with Crippen molar-refractivity contribution in [2.45, 2.75) is 6.92 Å². The lowest BCUT2D eigenvalue weighted by Crippen LogP contribution is -1.92. The van der Waals surface area contributed by atoms with E-state index in [-0.39, 0.29) is 0 Å². The van der Waals surface area contributed by atoms with Crippen molar-refractivity contribution in [1.82, 2.24) is 0 Å². The van der Waals surface area contributed by atoms with Gasteiger partial charge in [-0.15, -0.1) is 0 Å². The molecule has 40 valence electrons. The molecule has 0 aliphatic heterocycles. The Morgan fingerprint density at radius 1 is 1.57 bits per heavy atom. The Labute approximate surface area is 43.5 Å². The van der Waals surface area contributed by atoms with Crippen LogP contribution < -0.4 is 11.5 Å². The van der Waals surface area contributed by atoms with Gasteiger partial charge in [0, 0.05) is 5.70 Å². The highest BCUT2D eigenvalue weighted by molar-refractivity contribution is 5.11. The summed E-state index contributed by atoms with van der Waals surface area (Å²) in [6.45, 7) is 1.86. The molecule has 0 aromatic rings. The lowest BCUT2D eigenvalue weighted by Gasteiger charge is -1.83. The maximum absolute atomic E-state index is 5.28. The van der Waals surface area contributed by atoms with Crippen molar-refractivity contribution >= 4 is 0 Å². The van der Waals surface area contributed by atoms with Crippen LogP contribution >= 0.6 is 0 Å². The van der Waals surface area contributed by atoms with Crippen LogP contribution in [0.15, 0.2) is 24.0 Å². The molecule has 0 radical (unpaired) electrons. The average Bonchev–Trinajstić information content (AvgIpc) is 1.68. The molecule has 0 unspecified atom stereocenters. The van der Waals surface area contributed by atoms with Gasteiger partial charge in [-0.1, -0.05) is 6.08 Å². The molecular weight excluding hydrogens is 88.1 g/mol. The third-order valence-electron chi connectivity index (χ3n) is 0.622. The van der Waals surface area contributed by atoms with Crippen LogP contribution in [0.4, 0.5) is 0 Å². The standard InChI is InChI=1S/C5H10N2/c1-2-5(7)3-4-6/h2-4H,6-7H2,1H3/b4-3-,5-2+. The molecule has 0 bridgehead atoms. The van der Waals surface area contributed by atoms with Crippen LogP contribution in [0.2, 0.25) is 0 Å². The second-order valence-electron chi connectivity index (χ2n) is 1.15. The lowest BCUT2D eigenvalue weighted by atomic mass is 10.4. The summed E-state index contributed by atoms with van der Waals surface area (Å²) < 4.78 is 0. The highest BCUT2D eigenvalue weighted by Crippen LogP contribution is 1.80. The van der Waals surface area contributed by atoms with Crippen molar-refractivity contribution in [1.29, 1.82) is 0 Å². The Morgan fingerprint density at radius 3 is 2.29 bits per heavy atom. The van der Waals surface area contributed by atoms with E-state index in [1.807, 2.05) is 6.92 Å². The number of hydrogen-bond donors (Lipinski definition) is 2. The van der Waals surface area contributed by atoms with Gasteiger partial charge in [0.2, 0.25) is 0 Å². The van der Waals surface area contributed by atoms with Gasteiger partial charge in [0.1, 0.15) is 0 Å². The Bertz CT molecular complexity index is 92.3. The van der Waals surface area contributed by atoms with E-state index in [2.05, 4.69) is 0 Å². The van der Waals surface area contributed by atoms with Crippen molar-refractivity contribution in [3.63, 3.8) is 0 Å². The van der Waals surface area contributed by atoms with Crippen LogP contribution in [0.3, 0.4) is 0 Å². The predicted octanol–water partition coefficient (Wildman–Crippen LogP) is 0.321. The third-order valence-corrected chi connectivity index (χ3v) is 0.622. The first kappa shape index (κ1) is 6.08. The van der Waals surface area contributed by atoms with E-state index in [1.54, 1.807) is 12.2 Å². The molecule has 0 aliphatic carbocycles. The smallest absolute Gasteiger partial charge is 0.0285 e. The fourth-order valence-corrected chi connectivity index (χ4v) is 0.207. The second kappa shape index (κ2) is 3.28. The van der Waals surface area contributed by atoms with E-state index in [0.717, 1.165) is 0 Å². The monoisotopic (exact) mass is 98.1 g/mol. The summed E-state index contributed by atoms with van der Waals surface area (Å²) >= 11 is 0. The molecule has 0 fully saturated rings. The Morgan fingerprint density at radius 2 is 2.14 bits per heavy atom. The van der Waals surface area contributed by atoms with Gasteiger partial charge in [-0.3, -0.25) is 0 Å². The number of nitrogens with two attached hydrogens (primary N) is 2. The second-order valence-corrected chi connectivity index (χ2v) is 1.15. The minimum atomic E-state index is 0.697. The van der Waals surface area contributed by atoms with Gasteiger partial charge in [0.15, 0.2) is 0 Å². The Balaban J connectivity index is 3.58. The van der Waals surface area contributed by atoms with Gasteiger partial charge in [0.05, 0.1) is 0 Å². The van der Waals surface area contributed by atoms with E-state index in [9.17, 15) is 0 Å². The molecule has 0 heterocycles. The van der Waals surface area contributed by atoms with Crippen molar-refractivity contribution < 1.29 is 0 Å². The minimum Gasteiger partial charge on any atom is -0.405 e. The number of rotatable bonds is 1. The summed E-state index contributed by atoms with van der Waals surface area (Å²) in [5, 5.41) is 0. The quantitative estimate of drug-likeness (QED) is 0.464. The van der Waals surface area contributed by atoms with E-state index in [0.29, 0.717) is 5.70 Å². The summed E-state index contributed by atoms with van der Waals surface area (Å²) in [5.74, 6) is 0. The summed E-state index contributed by atoms with van der Waals surface area (Å²) in [7, 11) is 0. The molecule has 0 saturated carbocycles. The highest BCUT2D eigenvalue weighted by atomic mass is 14.6. The molecule has 0 aliphatic rings. The minimum absolute atomic E-state index is 0.697. The van der Waals surface area contributed by atoms with Crippen molar-refractivity contribution in [2.24, 2.45) is 11.5 Å². The highest BCUT2D eigenvalue weighted by Gasteiger charge is 1.70. The number of hydrogen-bond acceptors (Lipinski definition) is 2. The van der Waals surface area contributed by atoms with E-state index in [1.165, 1.54) is 6.20 Å². The molecule has 7 heavy (non-hydrogen) atoms. The lowest BCUT2D eigenvalue weighted by molar-refractivity contribution is 1.38. The van der Waals surface area contributed by atoms with Crippen LogP contribution in [0.1, 0.15) is 6.92 Å².